The fourth-order valence-corrected chi connectivity index (χ4v) is 2.46. The zero-order valence-corrected chi connectivity index (χ0v) is 9.84. The molecule has 1 atom stereocenters. The maximum Gasteiger partial charge on any atom is 0.225 e. The lowest BCUT2D eigenvalue weighted by Gasteiger charge is -2.22. The minimum Gasteiger partial charge on any atom is -0.381 e. The third kappa shape index (κ3) is 3.46. The molecular formula is C12H22N2O2. The van der Waals surface area contributed by atoms with Crippen LogP contribution in [0.4, 0.5) is 0 Å². The smallest absolute Gasteiger partial charge is 0.225 e. The lowest BCUT2D eigenvalue weighted by atomic mass is 9.94. The van der Waals surface area contributed by atoms with Crippen molar-refractivity contribution >= 4 is 5.91 Å². The van der Waals surface area contributed by atoms with Crippen LogP contribution in [0, 0.1) is 11.8 Å². The second kappa shape index (κ2) is 6.21. The van der Waals surface area contributed by atoms with Gasteiger partial charge in [-0.15, -0.1) is 0 Å². The van der Waals surface area contributed by atoms with E-state index < -0.39 is 0 Å². The molecule has 0 aromatic carbocycles. The number of piperidine rings is 1. The van der Waals surface area contributed by atoms with E-state index in [0.717, 1.165) is 45.0 Å². The highest BCUT2D eigenvalue weighted by molar-refractivity contribution is 5.78. The monoisotopic (exact) mass is 226 g/mol. The van der Waals surface area contributed by atoms with Crippen molar-refractivity contribution in [3.63, 3.8) is 0 Å². The molecule has 16 heavy (non-hydrogen) atoms. The molecule has 92 valence electrons. The molecular weight excluding hydrogens is 204 g/mol. The first-order valence-corrected chi connectivity index (χ1v) is 6.42. The normalized spacial score (nSPS) is 26.9. The van der Waals surface area contributed by atoms with Crippen molar-refractivity contribution in [1.29, 1.82) is 0 Å². The largest absolute Gasteiger partial charge is 0.381 e. The van der Waals surface area contributed by atoms with E-state index in [1.165, 1.54) is 12.8 Å². The molecule has 0 spiro atoms. The Morgan fingerprint density at radius 2 is 2.12 bits per heavy atom. The quantitative estimate of drug-likeness (QED) is 0.735. The van der Waals surface area contributed by atoms with Crippen LogP contribution < -0.4 is 10.6 Å². The van der Waals surface area contributed by atoms with Crippen LogP contribution in [0.1, 0.15) is 25.7 Å². The van der Waals surface area contributed by atoms with Crippen LogP contribution in [0.3, 0.4) is 0 Å². The predicted octanol–water partition coefficient (Wildman–Crippen LogP) is 0.529. The third-order valence-electron chi connectivity index (χ3n) is 3.61. The maximum absolute atomic E-state index is 11.7. The van der Waals surface area contributed by atoms with Gasteiger partial charge in [-0.1, -0.05) is 0 Å². The maximum atomic E-state index is 11.7. The standard InChI is InChI=1S/C12H22N2O2/c15-12(11-4-8-16-9-11)14-7-3-10-1-5-13-6-2-10/h10-11,13H,1-9H2,(H,14,15). The van der Waals surface area contributed by atoms with E-state index >= 15 is 0 Å². The Morgan fingerprint density at radius 1 is 1.31 bits per heavy atom. The van der Waals surface area contributed by atoms with Gasteiger partial charge in [-0.2, -0.15) is 0 Å². The van der Waals surface area contributed by atoms with Gasteiger partial charge in [-0.25, -0.2) is 0 Å². The molecule has 2 aliphatic heterocycles. The highest BCUT2D eigenvalue weighted by atomic mass is 16.5. The summed E-state index contributed by atoms with van der Waals surface area (Å²) in [6.45, 7) is 4.45. The van der Waals surface area contributed by atoms with Gasteiger partial charge < -0.3 is 15.4 Å². The van der Waals surface area contributed by atoms with E-state index in [0.29, 0.717) is 6.61 Å². The second-order valence-electron chi connectivity index (χ2n) is 4.83. The number of amides is 1. The Bertz CT molecular complexity index is 221. The number of hydrogen-bond donors (Lipinski definition) is 2. The molecule has 0 aliphatic carbocycles. The molecule has 0 aromatic heterocycles. The number of carbonyl (C=O) groups excluding carboxylic acids is 1. The Kier molecular flexibility index (Phi) is 4.60. The molecule has 2 rings (SSSR count). The van der Waals surface area contributed by atoms with Gasteiger partial charge in [0.1, 0.15) is 0 Å². The highest BCUT2D eigenvalue weighted by Crippen LogP contribution is 2.15. The summed E-state index contributed by atoms with van der Waals surface area (Å²) in [6.07, 6.45) is 4.52. The van der Waals surface area contributed by atoms with Gasteiger partial charge in [0, 0.05) is 13.2 Å². The van der Waals surface area contributed by atoms with Crippen molar-refractivity contribution < 1.29 is 9.53 Å². The third-order valence-corrected chi connectivity index (χ3v) is 3.61. The van der Waals surface area contributed by atoms with Gasteiger partial charge in [-0.3, -0.25) is 4.79 Å². The summed E-state index contributed by atoms with van der Waals surface area (Å²) < 4.78 is 5.21. The molecule has 2 aliphatic rings. The fourth-order valence-electron chi connectivity index (χ4n) is 2.46. The van der Waals surface area contributed by atoms with E-state index in [-0.39, 0.29) is 11.8 Å². The number of carbonyl (C=O) groups is 1. The molecule has 0 aromatic rings. The summed E-state index contributed by atoms with van der Waals surface area (Å²) in [5.74, 6) is 1.08. The second-order valence-corrected chi connectivity index (χ2v) is 4.83. The average molecular weight is 226 g/mol. The highest BCUT2D eigenvalue weighted by Gasteiger charge is 2.23. The van der Waals surface area contributed by atoms with Crippen molar-refractivity contribution in [3.05, 3.63) is 0 Å². The summed E-state index contributed by atoms with van der Waals surface area (Å²) in [7, 11) is 0. The van der Waals surface area contributed by atoms with Crippen LogP contribution in [0.15, 0.2) is 0 Å². The van der Waals surface area contributed by atoms with Gasteiger partial charge in [-0.05, 0) is 44.7 Å². The van der Waals surface area contributed by atoms with Crippen LogP contribution in [0.5, 0.6) is 0 Å². The van der Waals surface area contributed by atoms with E-state index in [1.807, 2.05) is 0 Å². The average Bonchev–Trinajstić information content (AvgIpc) is 2.84. The number of hydrogen-bond acceptors (Lipinski definition) is 3. The van der Waals surface area contributed by atoms with E-state index in [2.05, 4.69) is 10.6 Å². The topological polar surface area (TPSA) is 50.4 Å². The Morgan fingerprint density at radius 3 is 2.81 bits per heavy atom. The van der Waals surface area contributed by atoms with Gasteiger partial charge >= 0.3 is 0 Å². The van der Waals surface area contributed by atoms with Crippen LogP contribution in [-0.2, 0) is 9.53 Å². The SMILES string of the molecule is O=C(NCCC1CCNCC1)C1CCOC1. The zero-order valence-electron chi connectivity index (χ0n) is 9.84. The van der Waals surface area contributed by atoms with E-state index in [1.54, 1.807) is 0 Å². The molecule has 4 nitrogen and oxygen atoms in total. The molecule has 0 bridgehead atoms. The minimum atomic E-state index is 0.105. The molecule has 2 N–H and O–H groups in total. The molecule has 1 amide bonds. The van der Waals surface area contributed by atoms with Crippen LogP contribution in [-0.4, -0.2) is 38.8 Å². The van der Waals surface area contributed by atoms with Crippen molar-refractivity contribution in [2.45, 2.75) is 25.7 Å². The number of rotatable bonds is 4. The summed E-state index contributed by atoms with van der Waals surface area (Å²) in [5, 5.41) is 6.39. The Hall–Kier alpha value is -0.610. The van der Waals surface area contributed by atoms with Crippen molar-refractivity contribution in [2.75, 3.05) is 32.8 Å². The fraction of sp³-hybridized carbons (Fsp3) is 0.917. The van der Waals surface area contributed by atoms with Crippen LogP contribution in [0.2, 0.25) is 0 Å². The molecule has 2 fully saturated rings. The molecule has 2 heterocycles. The van der Waals surface area contributed by atoms with Crippen LogP contribution >= 0.6 is 0 Å². The van der Waals surface area contributed by atoms with E-state index in [4.69, 9.17) is 4.74 Å². The molecule has 1 unspecified atom stereocenters. The van der Waals surface area contributed by atoms with Gasteiger partial charge in [0.15, 0.2) is 0 Å². The molecule has 4 heteroatoms. The summed E-state index contributed by atoms with van der Waals surface area (Å²) in [4.78, 5) is 11.7. The number of ether oxygens (including phenoxy) is 1. The zero-order chi connectivity index (χ0) is 11.2. The van der Waals surface area contributed by atoms with Crippen molar-refractivity contribution in [3.8, 4) is 0 Å². The van der Waals surface area contributed by atoms with Crippen LogP contribution in [0.25, 0.3) is 0 Å². The first-order chi connectivity index (χ1) is 7.86. The predicted molar refractivity (Wildman–Crippen MR) is 62.1 cm³/mol. The van der Waals surface area contributed by atoms with Gasteiger partial charge in [0.2, 0.25) is 5.91 Å². The lowest BCUT2D eigenvalue weighted by molar-refractivity contribution is -0.124. The summed E-state index contributed by atoms with van der Waals surface area (Å²) >= 11 is 0. The summed E-state index contributed by atoms with van der Waals surface area (Å²) in [5.41, 5.74) is 0. The van der Waals surface area contributed by atoms with Crippen molar-refractivity contribution in [1.82, 2.24) is 10.6 Å². The molecule has 2 saturated heterocycles. The van der Waals surface area contributed by atoms with Gasteiger partial charge in [0.05, 0.1) is 12.5 Å². The molecule has 0 saturated carbocycles. The Labute approximate surface area is 97.1 Å². The minimum absolute atomic E-state index is 0.105. The lowest BCUT2D eigenvalue weighted by Crippen LogP contribution is -2.34. The van der Waals surface area contributed by atoms with Gasteiger partial charge in [0.25, 0.3) is 0 Å². The van der Waals surface area contributed by atoms with Crippen molar-refractivity contribution in [2.24, 2.45) is 11.8 Å². The summed E-state index contributed by atoms with van der Waals surface area (Å²) in [6, 6.07) is 0. The van der Waals surface area contributed by atoms with E-state index in [9.17, 15) is 4.79 Å². The Balaban J connectivity index is 1.57. The molecule has 0 radical (unpaired) electrons. The number of nitrogens with one attached hydrogen (secondary N) is 2. The first kappa shape index (κ1) is 11.9. The first-order valence-electron chi connectivity index (χ1n) is 6.42.